The Hall–Kier alpha value is -1.69. The molecule has 0 unspecified atom stereocenters. The van der Waals surface area contributed by atoms with E-state index in [2.05, 4.69) is 54.9 Å². The second kappa shape index (κ2) is 8.61. The van der Waals surface area contributed by atoms with Crippen molar-refractivity contribution in [2.75, 3.05) is 32.7 Å². The predicted octanol–water partition coefficient (Wildman–Crippen LogP) is 0.217. The van der Waals surface area contributed by atoms with Crippen LogP contribution >= 0.6 is 11.3 Å². The molecule has 4 nitrogen and oxygen atoms in total. The van der Waals surface area contributed by atoms with Crippen molar-refractivity contribution in [3.8, 4) is 0 Å². The van der Waals surface area contributed by atoms with Crippen molar-refractivity contribution >= 4 is 17.2 Å². The zero-order valence-corrected chi connectivity index (χ0v) is 16.0. The zero-order valence-electron chi connectivity index (χ0n) is 15.2. The maximum Gasteiger partial charge on any atom is 0.275 e. The van der Waals surface area contributed by atoms with Gasteiger partial charge >= 0.3 is 0 Å². The van der Waals surface area contributed by atoms with Crippen LogP contribution in [0.2, 0.25) is 0 Å². The molecule has 0 bridgehead atoms. The summed E-state index contributed by atoms with van der Waals surface area (Å²) in [6.07, 6.45) is 0. The molecule has 1 aromatic carbocycles. The van der Waals surface area contributed by atoms with Gasteiger partial charge in [0.2, 0.25) is 0 Å². The Bertz CT molecular complexity index is 678. The summed E-state index contributed by atoms with van der Waals surface area (Å²) in [7, 11) is 0. The van der Waals surface area contributed by atoms with Gasteiger partial charge in [0.25, 0.3) is 5.91 Å². The number of benzene rings is 1. The first-order valence-electron chi connectivity index (χ1n) is 9.16. The van der Waals surface area contributed by atoms with E-state index in [1.807, 2.05) is 6.07 Å². The average molecular weight is 360 g/mol. The van der Waals surface area contributed by atoms with E-state index in [1.165, 1.54) is 20.9 Å². The van der Waals surface area contributed by atoms with Gasteiger partial charge in [-0.2, -0.15) is 0 Å². The molecule has 1 atom stereocenters. The molecule has 0 saturated carbocycles. The number of nitrogens with one attached hydrogen (secondary N) is 3. The van der Waals surface area contributed by atoms with Gasteiger partial charge in [0.1, 0.15) is 32.7 Å². The van der Waals surface area contributed by atoms with Crippen LogP contribution in [0.3, 0.4) is 0 Å². The van der Waals surface area contributed by atoms with Crippen LogP contribution in [-0.2, 0) is 11.3 Å². The van der Waals surface area contributed by atoms with Crippen molar-refractivity contribution in [1.82, 2.24) is 5.32 Å². The molecule has 3 N–H and O–H groups in total. The second-order valence-electron chi connectivity index (χ2n) is 7.08. The highest BCUT2D eigenvalue weighted by molar-refractivity contribution is 7.10. The number of aryl methyl sites for hydroxylation is 1. The first kappa shape index (κ1) is 18.1. The predicted molar refractivity (Wildman–Crippen MR) is 102 cm³/mol. The molecule has 2 aromatic rings. The largest absolute Gasteiger partial charge is 0.344 e. The van der Waals surface area contributed by atoms with Gasteiger partial charge in [-0.05, 0) is 30.9 Å². The van der Waals surface area contributed by atoms with E-state index in [4.69, 9.17) is 0 Å². The minimum Gasteiger partial charge on any atom is -0.344 e. The number of quaternary nitrogens is 2. The van der Waals surface area contributed by atoms with Crippen LogP contribution in [0.1, 0.15) is 29.0 Å². The van der Waals surface area contributed by atoms with Crippen LogP contribution in [0.15, 0.2) is 41.8 Å². The van der Waals surface area contributed by atoms with Crippen LogP contribution in [0.5, 0.6) is 0 Å². The number of carbonyl (C=O) groups is 1. The molecule has 1 aromatic heterocycles. The number of amides is 1. The van der Waals surface area contributed by atoms with Crippen LogP contribution in [0.25, 0.3) is 0 Å². The van der Waals surface area contributed by atoms with E-state index in [0.29, 0.717) is 6.54 Å². The first-order valence-corrected chi connectivity index (χ1v) is 10.0. The van der Waals surface area contributed by atoms with E-state index < -0.39 is 0 Å². The molecule has 0 radical (unpaired) electrons. The van der Waals surface area contributed by atoms with Gasteiger partial charge < -0.3 is 15.1 Å². The van der Waals surface area contributed by atoms with Gasteiger partial charge in [-0.3, -0.25) is 4.79 Å². The number of piperazine rings is 1. The highest BCUT2D eigenvalue weighted by Crippen LogP contribution is 2.17. The molecule has 1 aliphatic rings. The van der Waals surface area contributed by atoms with E-state index in [0.717, 1.165) is 32.7 Å². The van der Waals surface area contributed by atoms with Crippen molar-refractivity contribution in [1.29, 1.82) is 0 Å². The molecule has 1 saturated heterocycles. The van der Waals surface area contributed by atoms with Crippen molar-refractivity contribution in [3.63, 3.8) is 0 Å². The van der Waals surface area contributed by atoms with Crippen molar-refractivity contribution in [3.05, 3.63) is 57.8 Å². The van der Waals surface area contributed by atoms with Crippen LogP contribution < -0.4 is 15.1 Å². The first-order chi connectivity index (χ1) is 12.1. The number of rotatable bonds is 6. The Kier molecular flexibility index (Phi) is 6.24. The molecule has 1 aliphatic heterocycles. The number of carbonyl (C=O) groups excluding carboxylic acids is 1. The van der Waals surface area contributed by atoms with Gasteiger partial charge in [0, 0.05) is 10.4 Å². The van der Waals surface area contributed by atoms with Crippen LogP contribution in [0.4, 0.5) is 0 Å². The molecule has 5 heteroatoms. The Morgan fingerprint density at radius 3 is 2.52 bits per heavy atom. The lowest BCUT2D eigenvalue weighted by Gasteiger charge is -2.30. The molecule has 134 valence electrons. The summed E-state index contributed by atoms with van der Waals surface area (Å²) in [5, 5.41) is 5.19. The lowest BCUT2D eigenvalue weighted by atomic mass is 10.1. The fourth-order valence-electron chi connectivity index (χ4n) is 3.52. The minimum absolute atomic E-state index is 0.111. The number of thiophene rings is 1. The smallest absolute Gasteiger partial charge is 0.275 e. The van der Waals surface area contributed by atoms with Gasteiger partial charge in [0.05, 0.1) is 6.04 Å². The zero-order chi connectivity index (χ0) is 17.6. The number of hydrogen-bond acceptors (Lipinski definition) is 2. The standard InChI is InChI=1S/C20H27N3OS/c1-16-6-3-4-7-18(16)14-22-9-11-23(12-10-22)15-20(24)21-17(2)19-8-5-13-25-19/h3-8,13,17H,9-12,14-15H2,1-2H3,(H,21,24)/p+2/t17-/m1/s1. The fraction of sp³-hybridized carbons (Fsp3) is 0.450. The normalized spacial score (nSPS) is 21.7. The number of hydrogen-bond donors (Lipinski definition) is 3. The van der Waals surface area contributed by atoms with Gasteiger partial charge in [-0.15, -0.1) is 11.3 Å². The topological polar surface area (TPSA) is 38.0 Å². The van der Waals surface area contributed by atoms with E-state index in [1.54, 1.807) is 16.2 Å². The summed E-state index contributed by atoms with van der Waals surface area (Å²) >= 11 is 1.70. The fourth-order valence-corrected chi connectivity index (χ4v) is 4.25. The molecule has 3 rings (SSSR count). The monoisotopic (exact) mass is 359 g/mol. The Balaban J connectivity index is 1.41. The van der Waals surface area contributed by atoms with Gasteiger partial charge in [0.15, 0.2) is 6.54 Å². The molecule has 25 heavy (non-hydrogen) atoms. The third-order valence-electron chi connectivity index (χ3n) is 5.12. The summed E-state index contributed by atoms with van der Waals surface area (Å²) in [6, 6.07) is 12.9. The SMILES string of the molecule is Cc1ccccc1C[NH+]1CC[NH+](CC(=O)N[C@H](C)c2cccs2)CC1. The van der Waals surface area contributed by atoms with E-state index in [9.17, 15) is 4.79 Å². The molecular formula is C20H29N3OS+2. The van der Waals surface area contributed by atoms with Crippen molar-refractivity contribution in [2.45, 2.75) is 26.4 Å². The van der Waals surface area contributed by atoms with E-state index in [-0.39, 0.29) is 11.9 Å². The van der Waals surface area contributed by atoms with Crippen molar-refractivity contribution in [2.24, 2.45) is 0 Å². The molecule has 0 aliphatic carbocycles. The summed E-state index contributed by atoms with van der Waals surface area (Å²) in [5.74, 6) is 0.165. The van der Waals surface area contributed by atoms with Crippen LogP contribution in [-0.4, -0.2) is 38.6 Å². The highest BCUT2D eigenvalue weighted by Gasteiger charge is 2.25. The second-order valence-corrected chi connectivity index (χ2v) is 8.06. The van der Waals surface area contributed by atoms with Gasteiger partial charge in [-0.25, -0.2) is 0 Å². The third-order valence-corrected chi connectivity index (χ3v) is 6.18. The third kappa shape index (κ3) is 5.14. The maximum atomic E-state index is 12.3. The molecule has 1 fully saturated rings. The quantitative estimate of drug-likeness (QED) is 0.678. The Labute approximate surface area is 154 Å². The van der Waals surface area contributed by atoms with Crippen LogP contribution in [0, 0.1) is 6.92 Å². The molecule has 0 spiro atoms. The lowest BCUT2D eigenvalue weighted by molar-refractivity contribution is -1.02. The Morgan fingerprint density at radius 2 is 1.84 bits per heavy atom. The average Bonchev–Trinajstić information content (AvgIpc) is 3.13. The maximum absolute atomic E-state index is 12.3. The highest BCUT2D eigenvalue weighted by atomic mass is 32.1. The summed E-state index contributed by atoms with van der Waals surface area (Å²) in [6.45, 7) is 10.4. The minimum atomic E-state index is 0.111. The summed E-state index contributed by atoms with van der Waals surface area (Å²) in [4.78, 5) is 16.6. The molecular weight excluding hydrogens is 330 g/mol. The van der Waals surface area contributed by atoms with Crippen molar-refractivity contribution < 1.29 is 14.6 Å². The molecule has 2 heterocycles. The Morgan fingerprint density at radius 1 is 1.12 bits per heavy atom. The van der Waals surface area contributed by atoms with E-state index >= 15 is 0 Å². The lowest BCUT2D eigenvalue weighted by Crippen LogP contribution is -3.28. The summed E-state index contributed by atoms with van der Waals surface area (Å²) in [5.41, 5.74) is 2.83. The summed E-state index contributed by atoms with van der Waals surface area (Å²) < 4.78 is 0. The molecule has 1 amide bonds. The van der Waals surface area contributed by atoms with Gasteiger partial charge in [-0.1, -0.05) is 30.3 Å².